The van der Waals surface area contributed by atoms with E-state index in [1.807, 2.05) is 60.7 Å². The second kappa shape index (κ2) is 10.6. The van der Waals surface area contributed by atoms with E-state index in [9.17, 15) is 19.5 Å². The maximum Gasteiger partial charge on any atom is 0.271 e. The highest BCUT2D eigenvalue weighted by molar-refractivity contribution is 6.00. The first-order valence-electron chi connectivity index (χ1n) is 13.6. The maximum atomic E-state index is 13.7. The van der Waals surface area contributed by atoms with Crippen LogP contribution in [0.1, 0.15) is 41.0 Å². The summed E-state index contributed by atoms with van der Waals surface area (Å²) < 4.78 is 0. The van der Waals surface area contributed by atoms with Crippen molar-refractivity contribution in [3.63, 3.8) is 0 Å². The number of aliphatic hydroxyl groups excluding tert-OH is 1. The number of hydrogen-bond acceptors (Lipinski definition) is 5. The van der Waals surface area contributed by atoms with Crippen LogP contribution in [0.5, 0.6) is 0 Å². The first kappa shape index (κ1) is 25.8. The number of aromatic nitrogens is 3. The van der Waals surface area contributed by atoms with Crippen LogP contribution in [0, 0.1) is 5.41 Å². The van der Waals surface area contributed by atoms with Gasteiger partial charge in [0.25, 0.3) is 11.8 Å². The summed E-state index contributed by atoms with van der Waals surface area (Å²) in [6.07, 6.45) is 2.72. The number of carbonyl (C=O) groups excluding carboxylic acids is 3. The molecule has 206 valence electrons. The molecule has 10 heteroatoms. The normalized spacial score (nSPS) is 18.9. The molecular weight excluding hydrogens is 508 g/mol. The summed E-state index contributed by atoms with van der Waals surface area (Å²) in [6, 6.07) is 19.0. The lowest BCUT2D eigenvalue weighted by atomic mass is 10.0. The molecule has 2 unspecified atom stereocenters. The Kier molecular flexibility index (Phi) is 6.85. The molecule has 5 N–H and O–H groups in total. The van der Waals surface area contributed by atoms with Crippen LogP contribution in [0.4, 0.5) is 0 Å². The lowest BCUT2D eigenvalue weighted by molar-refractivity contribution is -0.133. The van der Waals surface area contributed by atoms with Crippen molar-refractivity contribution in [3.05, 3.63) is 89.9 Å². The Balaban J connectivity index is 1.19. The number of benzene rings is 2. The molecule has 10 nitrogen and oxygen atoms in total. The van der Waals surface area contributed by atoms with Crippen LogP contribution in [0.25, 0.3) is 10.9 Å². The zero-order chi connectivity index (χ0) is 27.7. The topological polar surface area (TPSA) is 143 Å². The van der Waals surface area contributed by atoms with Crippen molar-refractivity contribution in [2.24, 2.45) is 5.41 Å². The molecule has 2 aromatic heterocycles. The van der Waals surface area contributed by atoms with Gasteiger partial charge in [0.1, 0.15) is 11.7 Å². The minimum Gasteiger partial charge on any atom is -0.381 e. The lowest BCUT2D eigenvalue weighted by Gasteiger charge is -2.28. The van der Waals surface area contributed by atoms with E-state index in [2.05, 4.69) is 25.8 Å². The number of rotatable bonds is 9. The van der Waals surface area contributed by atoms with E-state index in [0.717, 1.165) is 29.3 Å². The quantitative estimate of drug-likeness (QED) is 0.221. The van der Waals surface area contributed by atoms with Gasteiger partial charge in [-0.3, -0.25) is 19.5 Å². The zero-order valence-corrected chi connectivity index (χ0v) is 22.0. The number of likely N-dealkylation sites (tertiary alicyclic amines) is 1. The Hall–Kier alpha value is -4.44. The lowest BCUT2D eigenvalue weighted by Crippen LogP contribution is -2.55. The minimum atomic E-state index is -1.51. The molecule has 4 aromatic rings. The number of carbonyl (C=O) groups is 3. The van der Waals surface area contributed by atoms with Gasteiger partial charge < -0.3 is 25.6 Å². The van der Waals surface area contributed by atoms with E-state index in [4.69, 9.17) is 0 Å². The standard InChI is InChI=1S/C30H32N6O4/c37-26(28(39)31-17-19-6-2-1-3-7-19)23(15-21-10-13-32-35-21)34-27(38)25-16-30(11-12-30)18-36(25)29(40)24-14-20-8-4-5-9-22(20)33-24/h1-10,13-14,23,25-26,33,37H,11-12,15-18H2,(H,31,39)(H,32,35)(H,34,38)/t23-,25?,26?/m0/s1. The number of nitrogens with zero attached hydrogens (tertiary/aromatic N) is 2. The summed E-state index contributed by atoms with van der Waals surface area (Å²) in [5.41, 5.74) is 2.80. The molecular formula is C30H32N6O4. The van der Waals surface area contributed by atoms with Crippen LogP contribution in [0.15, 0.2) is 72.9 Å². The number of fused-ring (bicyclic) bond motifs is 1. The predicted octanol–water partition coefficient (Wildman–Crippen LogP) is 2.29. The predicted molar refractivity (Wildman–Crippen MR) is 148 cm³/mol. The fourth-order valence-electron chi connectivity index (χ4n) is 5.61. The van der Waals surface area contributed by atoms with Crippen LogP contribution in [0.2, 0.25) is 0 Å². The highest BCUT2D eigenvalue weighted by Gasteiger charge is 2.55. The van der Waals surface area contributed by atoms with E-state index in [0.29, 0.717) is 24.4 Å². The van der Waals surface area contributed by atoms with Gasteiger partial charge in [0.2, 0.25) is 5.91 Å². The van der Waals surface area contributed by atoms with E-state index in [-0.39, 0.29) is 30.2 Å². The third-order valence-corrected chi connectivity index (χ3v) is 8.07. The molecule has 2 fully saturated rings. The summed E-state index contributed by atoms with van der Waals surface area (Å²) >= 11 is 0. The molecule has 1 saturated carbocycles. The first-order valence-corrected chi connectivity index (χ1v) is 13.6. The Bertz CT molecular complexity index is 1480. The molecule has 3 atom stereocenters. The molecule has 3 heterocycles. The molecule has 6 rings (SSSR count). The maximum absolute atomic E-state index is 13.7. The third kappa shape index (κ3) is 5.35. The number of para-hydroxylation sites is 1. The molecule has 0 bridgehead atoms. The van der Waals surface area contributed by atoms with Gasteiger partial charge in [-0.2, -0.15) is 5.10 Å². The van der Waals surface area contributed by atoms with Crippen molar-refractivity contribution in [2.75, 3.05) is 6.54 Å². The van der Waals surface area contributed by atoms with Crippen LogP contribution >= 0.6 is 0 Å². The fraction of sp³-hybridized carbons (Fsp3) is 0.333. The Morgan fingerprint density at radius 3 is 2.58 bits per heavy atom. The van der Waals surface area contributed by atoms with Gasteiger partial charge in [-0.1, -0.05) is 48.5 Å². The monoisotopic (exact) mass is 540 g/mol. The van der Waals surface area contributed by atoms with Gasteiger partial charge in [-0.15, -0.1) is 0 Å². The molecule has 0 radical (unpaired) electrons. The van der Waals surface area contributed by atoms with Crippen molar-refractivity contribution in [1.29, 1.82) is 0 Å². The average molecular weight is 541 g/mol. The summed E-state index contributed by atoms with van der Waals surface area (Å²) in [5, 5.41) is 24.4. The molecule has 2 aliphatic rings. The van der Waals surface area contributed by atoms with E-state index >= 15 is 0 Å². The van der Waals surface area contributed by atoms with Crippen LogP contribution in [-0.4, -0.2) is 67.6 Å². The molecule has 1 aliphatic heterocycles. The van der Waals surface area contributed by atoms with Crippen molar-refractivity contribution >= 4 is 28.6 Å². The molecule has 1 spiro atoms. The number of hydrogen-bond donors (Lipinski definition) is 5. The minimum absolute atomic E-state index is 0.0474. The molecule has 1 aliphatic carbocycles. The summed E-state index contributed by atoms with van der Waals surface area (Å²) in [7, 11) is 0. The summed E-state index contributed by atoms with van der Waals surface area (Å²) in [4.78, 5) is 45.1. The average Bonchev–Trinajstić information content (AvgIpc) is 3.33. The van der Waals surface area contributed by atoms with Gasteiger partial charge in [-0.05, 0) is 48.4 Å². The van der Waals surface area contributed by atoms with Gasteiger partial charge in [0.15, 0.2) is 6.10 Å². The third-order valence-electron chi connectivity index (χ3n) is 8.07. The van der Waals surface area contributed by atoms with E-state index < -0.39 is 24.1 Å². The summed E-state index contributed by atoms with van der Waals surface area (Å²) in [6.45, 7) is 0.754. The smallest absolute Gasteiger partial charge is 0.271 e. The zero-order valence-electron chi connectivity index (χ0n) is 22.0. The summed E-state index contributed by atoms with van der Waals surface area (Å²) in [5.74, 6) is -1.20. The van der Waals surface area contributed by atoms with Crippen molar-refractivity contribution < 1.29 is 19.5 Å². The van der Waals surface area contributed by atoms with Gasteiger partial charge >= 0.3 is 0 Å². The van der Waals surface area contributed by atoms with Crippen molar-refractivity contribution in [2.45, 2.75) is 50.4 Å². The van der Waals surface area contributed by atoms with E-state index in [1.165, 1.54) is 0 Å². The second-order valence-corrected chi connectivity index (χ2v) is 11.0. The molecule has 2 aromatic carbocycles. The van der Waals surface area contributed by atoms with Gasteiger partial charge in [0.05, 0.1) is 6.04 Å². The number of H-pyrrole nitrogens is 2. The van der Waals surface area contributed by atoms with Crippen LogP contribution < -0.4 is 10.6 Å². The van der Waals surface area contributed by atoms with Crippen molar-refractivity contribution in [1.82, 2.24) is 30.7 Å². The Morgan fingerprint density at radius 1 is 1.07 bits per heavy atom. The molecule has 1 saturated heterocycles. The van der Waals surface area contributed by atoms with E-state index in [1.54, 1.807) is 17.2 Å². The molecule has 40 heavy (non-hydrogen) atoms. The van der Waals surface area contributed by atoms with Crippen molar-refractivity contribution in [3.8, 4) is 0 Å². The van der Waals surface area contributed by atoms with Crippen LogP contribution in [0.3, 0.4) is 0 Å². The highest BCUT2D eigenvalue weighted by Crippen LogP contribution is 2.55. The number of aliphatic hydroxyl groups is 1. The Morgan fingerprint density at radius 2 is 1.85 bits per heavy atom. The van der Waals surface area contributed by atoms with Crippen LogP contribution in [-0.2, 0) is 22.6 Å². The first-order chi connectivity index (χ1) is 19.4. The number of aromatic amines is 2. The molecule has 3 amide bonds. The SMILES string of the molecule is O=C(NCc1ccccc1)C(O)[C@H](Cc1ccn[nH]1)NC(=O)C1CC2(CC2)CN1C(=O)c1cc2ccccc2[nH]1. The largest absolute Gasteiger partial charge is 0.381 e. The second-order valence-electron chi connectivity index (χ2n) is 11.0. The Labute approximate surface area is 231 Å². The fourth-order valence-corrected chi connectivity index (χ4v) is 5.61. The van der Waals surface area contributed by atoms with Gasteiger partial charge in [-0.25, -0.2) is 0 Å². The van der Waals surface area contributed by atoms with Gasteiger partial charge in [0, 0.05) is 42.3 Å². The number of nitrogens with one attached hydrogen (secondary N) is 4. The number of amides is 3. The highest BCUT2D eigenvalue weighted by atomic mass is 16.3.